The summed E-state index contributed by atoms with van der Waals surface area (Å²) in [5.41, 5.74) is 1.39. The highest BCUT2D eigenvalue weighted by atomic mass is 35.5. The summed E-state index contributed by atoms with van der Waals surface area (Å²) >= 11 is 6.18. The number of hydrogen-bond acceptors (Lipinski definition) is 5. The molecule has 10 heteroatoms. The minimum atomic E-state index is -5.11. The third-order valence-electron chi connectivity index (χ3n) is 7.73. The van der Waals surface area contributed by atoms with E-state index in [1.807, 2.05) is 31.2 Å². The Balaban J connectivity index is 1.50. The van der Waals surface area contributed by atoms with Gasteiger partial charge in [-0.1, -0.05) is 35.9 Å². The number of ether oxygens (including phenoxy) is 2. The molecule has 0 bridgehead atoms. The Morgan fingerprint density at radius 3 is 2.42 bits per heavy atom. The predicted octanol–water partition coefficient (Wildman–Crippen LogP) is 5.65. The molecule has 6 nitrogen and oxygen atoms in total. The number of para-hydroxylation sites is 1. The Labute approximate surface area is 225 Å². The van der Waals surface area contributed by atoms with Gasteiger partial charge in [-0.3, -0.25) is 9.69 Å². The van der Waals surface area contributed by atoms with Gasteiger partial charge in [0.05, 0.1) is 13.2 Å². The van der Waals surface area contributed by atoms with Gasteiger partial charge in [0.2, 0.25) is 0 Å². The van der Waals surface area contributed by atoms with Crippen LogP contribution in [0.2, 0.25) is 5.02 Å². The first kappa shape index (κ1) is 28.2. The van der Waals surface area contributed by atoms with Crippen molar-refractivity contribution in [2.45, 2.75) is 51.9 Å². The number of halogens is 4. The molecule has 1 atom stereocenters. The molecular formula is C28H32ClF3N2O4. The highest BCUT2D eigenvalue weighted by Crippen LogP contribution is 2.44. The first-order valence-electron chi connectivity index (χ1n) is 12.8. The van der Waals surface area contributed by atoms with E-state index in [0.29, 0.717) is 68.2 Å². The van der Waals surface area contributed by atoms with E-state index in [-0.39, 0.29) is 12.5 Å². The number of amides is 1. The van der Waals surface area contributed by atoms with Gasteiger partial charge in [-0.15, -0.1) is 0 Å². The average Bonchev–Trinajstić information content (AvgIpc) is 2.88. The van der Waals surface area contributed by atoms with Crippen LogP contribution in [0, 0.1) is 12.3 Å². The number of esters is 1. The van der Waals surface area contributed by atoms with Crippen LogP contribution in [0.5, 0.6) is 5.75 Å². The van der Waals surface area contributed by atoms with Gasteiger partial charge in [0.15, 0.2) is 0 Å². The molecule has 2 fully saturated rings. The van der Waals surface area contributed by atoms with Crippen LogP contribution in [0.3, 0.4) is 0 Å². The molecule has 0 saturated carbocycles. The first-order chi connectivity index (χ1) is 18.0. The van der Waals surface area contributed by atoms with E-state index in [1.54, 1.807) is 25.1 Å². The maximum atomic E-state index is 13.3. The highest BCUT2D eigenvalue weighted by Gasteiger charge is 2.51. The third-order valence-corrected chi connectivity index (χ3v) is 8.14. The number of alkyl halides is 3. The van der Waals surface area contributed by atoms with Gasteiger partial charge >= 0.3 is 12.1 Å². The van der Waals surface area contributed by atoms with Crippen molar-refractivity contribution in [2.75, 3.05) is 32.8 Å². The zero-order chi connectivity index (χ0) is 27.5. The fraction of sp³-hybridized carbons (Fsp3) is 0.500. The van der Waals surface area contributed by atoms with Gasteiger partial charge in [0.25, 0.3) is 5.91 Å². The van der Waals surface area contributed by atoms with Crippen molar-refractivity contribution in [3.05, 3.63) is 64.2 Å². The Hall–Kier alpha value is -2.78. The van der Waals surface area contributed by atoms with E-state index in [1.165, 1.54) is 4.90 Å². The minimum absolute atomic E-state index is 0.0974. The molecule has 38 heavy (non-hydrogen) atoms. The SMILES string of the molecule is CCOc1ccccc1CN1CCC2(CC1)CCN(C(=O)c1cccc(Cl)c1C)CC2OC(=O)C(F)(F)F. The Morgan fingerprint density at radius 2 is 1.74 bits per heavy atom. The number of likely N-dealkylation sites (tertiary alicyclic amines) is 2. The van der Waals surface area contributed by atoms with Gasteiger partial charge in [-0.2, -0.15) is 13.2 Å². The molecule has 1 unspecified atom stereocenters. The van der Waals surface area contributed by atoms with E-state index in [9.17, 15) is 22.8 Å². The predicted molar refractivity (Wildman–Crippen MR) is 137 cm³/mol. The van der Waals surface area contributed by atoms with Gasteiger partial charge < -0.3 is 14.4 Å². The molecular weight excluding hydrogens is 521 g/mol. The highest BCUT2D eigenvalue weighted by molar-refractivity contribution is 6.31. The van der Waals surface area contributed by atoms with Crippen LogP contribution >= 0.6 is 11.6 Å². The molecule has 2 aromatic carbocycles. The number of benzene rings is 2. The molecule has 4 rings (SSSR count). The van der Waals surface area contributed by atoms with Crippen molar-refractivity contribution in [3.8, 4) is 5.75 Å². The molecule has 1 spiro atoms. The molecule has 2 aliphatic heterocycles. The zero-order valence-corrected chi connectivity index (χ0v) is 22.3. The van der Waals surface area contributed by atoms with E-state index in [4.69, 9.17) is 21.1 Å². The number of carbonyl (C=O) groups excluding carboxylic acids is 2. The lowest BCUT2D eigenvalue weighted by atomic mass is 9.69. The maximum absolute atomic E-state index is 13.3. The van der Waals surface area contributed by atoms with Crippen molar-refractivity contribution in [2.24, 2.45) is 5.41 Å². The fourth-order valence-electron chi connectivity index (χ4n) is 5.46. The van der Waals surface area contributed by atoms with Crippen LogP contribution in [0.1, 0.15) is 47.7 Å². The Bertz CT molecular complexity index is 1170. The topological polar surface area (TPSA) is 59.1 Å². The standard InChI is InChI=1S/C28H32ClF3N2O4/c1-3-37-23-10-5-4-7-20(23)17-33-14-11-27(12-15-33)13-16-34(18-24(27)38-26(36)28(30,31)32)25(35)21-8-6-9-22(29)19(21)2/h4-10,24H,3,11-18H2,1-2H3. The molecule has 2 aromatic rings. The molecule has 206 valence electrons. The maximum Gasteiger partial charge on any atom is 0.490 e. The van der Waals surface area contributed by atoms with E-state index < -0.39 is 23.7 Å². The summed E-state index contributed by atoms with van der Waals surface area (Å²) < 4.78 is 50.4. The summed E-state index contributed by atoms with van der Waals surface area (Å²) in [5, 5.41) is 0.433. The van der Waals surface area contributed by atoms with Crippen molar-refractivity contribution in [1.29, 1.82) is 0 Å². The van der Waals surface area contributed by atoms with Gasteiger partial charge in [0.1, 0.15) is 11.9 Å². The summed E-state index contributed by atoms with van der Waals surface area (Å²) in [5.74, 6) is -1.74. The molecule has 2 saturated heterocycles. The number of hydrogen-bond donors (Lipinski definition) is 0. The van der Waals surface area contributed by atoms with Crippen molar-refractivity contribution >= 4 is 23.5 Å². The summed E-state index contributed by atoms with van der Waals surface area (Å²) in [7, 11) is 0. The smallest absolute Gasteiger partial charge is 0.490 e. The molecule has 2 aliphatic rings. The molecule has 0 aromatic heterocycles. The Morgan fingerprint density at radius 1 is 1.05 bits per heavy atom. The summed E-state index contributed by atoms with van der Waals surface area (Å²) in [6.45, 7) is 6.37. The van der Waals surface area contributed by atoms with Gasteiger partial charge in [0, 0.05) is 34.7 Å². The number of nitrogens with zero attached hydrogens (tertiary/aromatic N) is 2. The monoisotopic (exact) mass is 552 g/mol. The summed E-state index contributed by atoms with van der Waals surface area (Å²) in [6, 6.07) is 12.8. The lowest BCUT2D eigenvalue weighted by molar-refractivity contribution is -0.216. The lowest BCUT2D eigenvalue weighted by Crippen LogP contribution is -2.58. The van der Waals surface area contributed by atoms with Crippen LogP contribution in [-0.2, 0) is 16.1 Å². The second-order valence-electron chi connectivity index (χ2n) is 9.98. The normalized spacial score (nSPS) is 19.8. The van der Waals surface area contributed by atoms with Crippen molar-refractivity contribution in [1.82, 2.24) is 9.80 Å². The van der Waals surface area contributed by atoms with Crippen molar-refractivity contribution < 1.29 is 32.2 Å². The van der Waals surface area contributed by atoms with Crippen molar-refractivity contribution in [3.63, 3.8) is 0 Å². The van der Waals surface area contributed by atoms with E-state index in [0.717, 1.165) is 11.3 Å². The lowest BCUT2D eigenvalue weighted by Gasteiger charge is -2.51. The second kappa shape index (κ2) is 11.5. The zero-order valence-electron chi connectivity index (χ0n) is 21.5. The summed E-state index contributed by atoms with van der Waals surface area (Å²) in [4.78, 5) is 28.9. The average molecular weight is 553 g/mol. The minimum Gasteiger partial charge on any atom is -0.494 e. The number of rotatable bonds is 6. The number of piperidine rings is 2. The van der Waals surface area contributed by atoms with Crippen LogP contribution in [0.4, 0.5) is 13.2 Å². The molecule has 2 heterocycles. The van der Waals surface area contributed by atoms with Crippen LogP contribution in [0.15, 0.2) is 42.5 Å². The largest absolute Gasteiger partial charge is 0.494 e. The first-order valence-corrected chi connectivity index (χ1v) is 13.2. The third kappa shape index (κ3) is 6.10. The van der Waals surface area contributed by atoms with Crippen LogP contribution < -0.4 is 4.74 Å². The molecule has 0 radical (unpaired) electrons. The fourth-order valence-corrected chi connectivity index (χ4v) is 5.63. The number of carbonyl (C=O) groups is 2. The van der Waals surface area contributed by atoms with Gasteiger partial charge in [-0.05, 0) is 70.0 Å². The van der Waals surface area contributed by atoms with Crippen LogP contribution in [0.25, 0.3) is 0 Å². The quantitative estimate of drug-likeness (QED) is 0.434. The molecule has 0 N–H and O–H groups in total. The Kier molecular flexibility index (Phi) is 8.57. The second-order valence-corrected chi connectivity index (χ2v) is 10.4. The van der Waals surface area contributed by atoms with Gasteiger partial charge in [-0.25, -0.2) is 4.79 Å². The molecule has 0 aliphatic carbocycles. The summed E-state index contributed by atoms with van der Waals surface area (Å²) in [6.07, 6.45) is -4.62. The van der Waals surface area contributed by atoms with E-state index >= 15 is 0 Å². The molecule has 1 amide bonds. The van der Waals surface area contributed by atoms with Crippen LogP contribution in [-0.4, -0.2) is 66.7 Å². The van der Waals surface area contributed by atoms with E-state index in [2.05, 4.69) is 4.90 Å².